The molecule has 6 rings (SSSR count). The van der Waals surface area contributed by atoms with Crippen molar-refractivity contribution in [3.8, 4) is 0 Å². The zero-order chi connectivity index (χ0) is 27.6. The second-order valence-electron chi connectivity index (χ2n) is 9.39. The summed E-state index contributed by atoms with van der Waals surface area (Å²) in [5.74, 6) is -3.82. The number of carbonyl (C=O) groups is 6. The molecule has 2 unspecified atom stereocenters. The molecule has 2 saturated heterocycles. The number of carboxylic acid groups (broad SMARTS) is 1. The number of carbonyl (C=O) groups excluding carboxylic acids is 5. The van der Waals surface area contributed by atoms with Crippen molar-refractivity contribution in [2.45, 2.75) is 58.5 Å². The standard InChI is InChI=1S/C13H11FN2O3.C12H9FN2O4.2CH4.Li.2H2O/c1-6(17)7-2-3-9(14)10-8(7)4-5-13(10)11(18)15-12(19)16-13;13-7-2-1-6(9(16)17)5-3-4-12(8(5)7)10(18)14-11(19)15-12;;;;;/h2-3H,4-5H2,1H3,(H2,15,16,18,19);1-2H,3-4H2,(H,16,17)(H2,14,15,18,19);2*1H4;;2*1H2/q;;;;+1;;/p-1. The summed E-state index contributed by atoms with van der Waals surface area (Å²) >= 11 is 0. The van der Waals surface area contributed by atoms with Gasteiger partial charge in [0.15, 0.2) is 5.78 Å². The Kier molecular flexibility index (Phi) is 12.1. The van der Waals surface area contributed by atoms with E-state index in [2.05, 4.69) is 21.3 Å². The molecule has 2 aromatic rings. The smallest absolute Gasteiger partial charge is 0.870 e. The fraction of sp³-hybridized carbons (Fsp3) is 0.333. The number of amides is 6. The normalized spacial score (nSPS) is 21.5. The Morgan fingerprint density at radius 3 is 1.47 bits per heavy atom. The first-order valence-corrected chi connectivity index (χ1v) is 11.6. The number of hydrogen-bond acceptors (Lipinski definition) is 7. The van der Waals surface area contributed by atoms with Crippen molar-refractivity contribution in [3.63, 3.8) is 0 Å². The number of hydrogen-bond donors (Lipinski definition) is 5. The fourth-order valence-corrected chi connectivity index (χ4v) is 5.77. The fourth-order valence-electron chi connectivity index (χ4n) is 5.77. The molecule has 13 nitrogen and oxygen atoms in total. The number of nitrogens with one attached hydrogen (secondary N) is 4. The van der Waals surface area contributed by atoms with Gasteiger partial charge in [-0.15, -0.1) is 0 Å². The predicted molar refractivity (Wildman–Crippen MR) is 142 cm³/mol. The Hall–Kier alpha value is -4.16. The van der Waals surface area contributed by atoms with E-state index in [9.17, 15) is 37.5 Å². The number of ketones is 1. The van der Waals surface area contributed by atoms with Crippen LogP contribution in [0, 0.1) is 11.6 Å². The van der Waals surface area contributed by atoms with Gasteiger partial charge in [0.25, 0.3) is 11.8 Å². The van der Waals surface area contributed by atoms with Crippen LogP contribution in [0.3, 0.4) is 0 Å². The molecule has 2 aliphatic heterocycles. The van der Waals surface area contributed by atoms with Crippen molar-refractivity contribution in [1.29, 1.82) is 0 Å². The van der Waals surface area contributed by atoms with Gasteiger partial charge < -0.3 is 26.7 Å². The SMILES string of the molecule is C.C.CC(=O)c1ccc(F)c2c1CCC21NC(=O)NC1=O.O.O=C1NC(=O)C2(CCc3c(C(=O)O)ccc(F)c32)N1.[Li+].[OH-]. The topological polar surface area (TPSA) is 232 Å². The van der Waals surface area contributed by atoms with Crippen LogP contribution in [0.25, 0.3) is 0 Å². The number of rotatable bonds is 2. The van der Waals surface area contributed by atoms with Gasteiger partial charge >= 0.3 is 36.9 Å². The van der Waals surface area contributed by atoms with Crippen molar-refractivity contribution in [2.24, 2.45) is 0 Å². The van der Waals surface area contributed by atoms with E-state index >= 15 is 0 Å². The van der Waals surface area contributed by atoms with Gasteiger partial charge in [0, 0.05) is 16.7 Å². The van der Waals surface area contributed by atoms with Crippen molar-refractivity contribution < 1.29 is 72.5 Å². The summed E-state index contributed by atoms with van der Waals surface area (Å²) in [4.78, 5) is 69.1. The van der Waals surface area contributed by atoms with Gasteiger partial charge in [-0.25, -0.2) is 23.2 Å². The van der Waals surface area contributed by atoms with E-state index in [1.165, 1.54) is 25.1 Å². The van der Waals surface area contributed by atoms with E-state index in [-0.39, 0.29) is 92.0 Å². The van der Waals surface area contributed by atoms with Crippen LogP contribution in [0.1, 0.15) is 77.6 Å². The maximum atomic E-state index is 14.1. The van der Waals surface area contributed by atoms with Crippen molar-refractivity contribution >= 4 is 35.6 Å². The Morgan fingerprint density at radius 1 is 0.767 bits per heavy atom. The molecule has 2 aliphatic carbocycles. The number of imide groups is 2. The van der Waals surface area contributed by atoms with Gasteiger partial charge in [0.05, 0.1) is 5.56 Å². The van der Waals surface area contributed by atoms with Crippen LogP contribution >= 0.6 is 0 Å². The van der Waals surface area contributed by atoms with E-state index in [1.54, 1.807) is 0 Å². The van der Waals surface area contributed by atoms with Gasteiger partial charge in [-0.2, -0.15) is 0 Å². The number of halogens is 2. The van der Waals surface area contributed by atoms with Crippen molar-refractivity contribution in [2.75, 3.05) is 0 Å². The maximum Gasteiger partial charge on any atom is 1.00 e. The molecule has 2 spiro atoms. The van der Waals surface area contributed by atoms with Gasteiger partial charge in [-0.1, -0.05) is 14.9 Å². The largest absolute Gasteiger partial charge is 1.00 e. The number of urea groups is 2. The molecular weight excluding hydrogens is 569 g/mol. The molecule has 43 heavy (non-hydrogen) atoms. The minimum atomic E-state index is -1.47. The van der Waals surface area contributed by atoms with Crippen LogP contribution in [0.15, 0.2) is 24.3 Å². The third-order valence-corrected chi connectivity index (χ3v) is 7.37. The molecule has 0 bridgehead atoms. The quantitative estimate of drug-likeness (QED) is 0.159. The van der Waals surface area contributed by atoms with Crippen LogP contribution < -0.4 is 40.1 Å². The molecule has 16 heteroatoms. The molecule has 228 valence electrons. The molecule has 0 radical (unpaired) electrons. The number of Topliss-reactive ketones (excluding diaryl/α,β-unsaturated/α-hetero) is 1. The Balaban J connectivity index is 0.000000735. The minimum absolute atomic E-state index is 0. The molecule has 8 N–H and O–H groups in total. The first kappa shape index (κ1) is 38.8. The van der Waals surface area contributed by atoms with Gasteiger partial charge in [-0.05, 0) is 68.0 Å². The van der Waals surface area contributed by atoms with Gasteiger partial charge in [0.1, 0.15) is 22.7 Å². The second kappa shape index (κ2) is 13.4. The summed E-state index contributed by atoms with van der Waals surface area (Å²) in [6, 6.07) is 3.44. The second-order valence-corrected chi connectivity index (χ2v) is 9.39. The molecule has 4 aliphatic rings. The van der Waals surface area contributed by atoms with E-state index in [1.807, 2.05) is 0 Å². The third-order valence-electron chi connectivity index (χ3n) is 7.37. The summed E-state index contributed by atoms with van der Waals surface area (Å²) in [7, 11) is 0. The van der Waals surface area contributed by atoms with E-state index in [4.69, 9.17) is 5.11 Å². The number of aromatic carboxylic acids is 1. The summed E-state index contributed by atoms with van der Waals surface area (Å²) in [6.45, 7) is 1.39. The van der Waals surface area contributed by atoms with E-state index in [0.717, 1.165) is 6.07 Å². The third kappa shape index (κ3) is 5.76. The molecule has 2 aromatic carbocycles. The first-order chi connectivity index (χ1) is 17.9. The summed E-state index contributed by atoms with van der Waals surface area (Å²) in [5.41, 5.74) is -1.58. The molecule has 6 amide bonds. The summed E-state index contributed by atoms with van der Waals surface area (Å²) < 4.78 is 28.1. The summed E-state index contributed by atoms with van der Waals surface area (Å²) in [5, 5.41) is 18.2. The van der Waals surface area contributed by atoms with Crippen LogP contribution in [0.4, 0.5) is 18.4 Å². The zero-order valence-electron chi connectivity index (χ0n) is 21.7. The van der Waals surface area contributed by atoms with Crippen LogP contribution in [0.5, 0.6) is 0 Å². The van der Waals surface area contributed by atoms with Crippen LogP contribution in [-0.2, 0) is 33.5 Å². The predicted octanol–water partition coefficient (Wildman–Crippen LogP) is -1.21. The average Bonchev–Trinajstić information content (AvgIpc) is 3.56. The Bertz CT molecular complexity index is 1410. The Morgan fingerprint density at radius 2 is 1.14 bits per heavy atom. The first-order valence-electron chi connectivity index (χ1n) is 11.6. The molecule has 2 atom stereocenters. The maximum absolute atomic E-state index is 14.1. The summed E-state index contributed by atoms with van der Waals surface area (Å²) in [6.07, 6.45) is 1.03. The number of carboxylic acids is 1. The monoisotopic (exact) mass is 600 g/mol. The number of fused-ring (bicyclic) bond motifs is 4. The molecule has 2 fully saturated rings. The Labute approximate surface area is 257 Å². The van der Waals surface area contributed by atoms with Gasteiger partial charge in [0.2, 0.25) is 0 Å². The average molecular weight is 601 g/mol. The number of benzene rings is 2. The molecular formula is C27H31F2LiN4O9. The van der Waals surface area contributed by atoms with Crippen LogP contribution in [0.2, 0.25) is 0 Å². The van der Waals surface area contributed by atoms with Crippen molar-refractivity contribution in [1.82, 2.24) is 21.3 Å². The van der Waals surface area contributed by atoms with Crippen LogP contribution in [-0.4, -0.2) is 51.7 Å². The van der Waals surface area contributed by atoms with E-state index < -0.39 is 52.6 Å². The molecule has 0 aromatic heterocycles. The van der Waals surface area contributed by atoms with E-state index in [0.29, 0.717) is 17.5 Å². The molecule has 2 heterocycles. The van der Waals surface area contributed by atoms with Crippen molar-refractivity contribution in [3.05, 3.63) is 69.3 Å². The zero-order valence-corrected chi connectivity index (χ0v) is 21.7. The van der Waals surface area contributed by atoms with Gasteiger partial charge in [-0.3, -0.25) is 25.0 Å². The minimum Gasteiger partial charge on any atom is -0.870 e. The molecule has 0 saturated carbocycles.